The van der Waals surface area contributed by atoms with E-state index >= 15 is 0 Å². The smallest absolute Gasteiger partial charge is 0.243 e. The van der Waals surface area contributed by atoms with E-state index in [2.05, 4.69) is 4.90 Å². The number of hydrogen-bond acceptors (Lipinski definition) is 7. The summed E-state index contributed by atoms with van der Waals surface area (Å²) in [7, 11) is -3.56. The number of sulfonamides is 1. The molecule has 0 radical (unpaired) electrons. The highest BCUT2D eigenvalue weighted by Crippen LogP contribution is 2.28. The van der Waals surface area contributed by atoms with Gasteiger partial charge in [-0.05, 0) is 79.4 Å². The highest BCUT2D eigenvalue weighted by Gasteiger charge is 2.29. The summed E-state index contributed by atoms with van der Waals surface area (Å²) in [6, 6.07) is 17.0. The van der Waals surface area contributed by atoms with E-state index in [4.69, 9.17) is 19.2 Å². The average molecular weight is 578 g/mol. The van der Waals surface area contributed by atoms with Gasteiger partial charge in [0, 0.05) is 13.1 Å². The van der Waals surface area contributed by atoms with Gasteiger partial charge in [0.15, 0.2) is 0 Å². The predicted octanol–water partition coefficient (Wildman–Crippen LogP) is 4.49. The fourth-order valence-corrected chi connectivity index (χ4v) is 6.18. The summed E-state index contributed by atoms with van der Waals surface area (Å²) in [5.74, 6) is 1.60. The van der Waals surface area contributed by atoms with Crippen LogP contribution in [0.4, 0.5) is 0 Å². The third-order valence-corrected chi connectivity index (χ3v) is 8.75. The Hall–Kier alpha value is -2.89. The van der Waals surface area contributed by atoms with Crippen LogP contribution >= 0.6 is 12.4 Å². The Kier molecular flexibility index (Phi) is 11.8. The molecule has 0 saturated carbocycles. The van der Waals surface area contributed by atoms with Crippen molar-refractivity contribution in [3.8, 4) is 16.9 Å². The van der Waals surface area contributed by atoms with Gasteiger partial charge in [0.2, 0.25) is 16.4 Å². The molecule has 0 atom stereocenters. The number of fused-ring (bicyclic) bond motifs is 1. The summed E-state index contributed by atoms with van der Waals surface area (Å²) in [6.45, 7) is 4.77. The largest absolute Gasteiger partial charge is 0.492 e. The molecule has 2 aliphatic rings. The Labute approximate surface area is 236 Å². The number of carbonyl (C=O) groups excluding carboxylic acids is 1. The summed E-state index contributed by atoms with van der Waals surface area (Å²) < 4.78 is 39.1. The van der Waals surface area contributed by atoms with Gasteiger partial charge in [0.25, 0.3) is 0 Å². The number of carbonyl (C=O) groups is 1. The number of rotatable bonds is 8. The van der Waals surface area contributed by atoms with Gasteiger partial charge in [-0.3, -0.25) is 14.9 Å². The summed E-state index contributed by atoms with van der Waals surface area (Å²) >= 11 is 0. The lowest BCUT2D eigenvalue weighted by molar-refractivity contribution is -0.116. The fourth-order valence-electron chi connectivity index (χ4n) is 4.78. The maximum atomic E-state index is 13.1. The number of halogens is 1. The topological polar surface area (TPSA) is 112 Å². The van der Waals surface area contributed by atoms with E-state index in [1.54, 1.807) is 18.4 Å². The second-order valence-corrected chi connectivity index (χ2v) is 11.3. The Morgan fingerprint density at radius 3 is 2.15 bits per heavy atom. The zero-order valence-corrected chi connectivity index (χ0v) is 23.5. The van der Waals surface area contributed by atoms with E-state index < -0.39 is 10.0 Å². The van der Waals surface area contributed by atoms with Gasteiger partial charge >= 0.3 is 0 Å². The van der Waals surface area contributed by atoms with Crippen LogP contribution in [0, 0.1) is 0 Å². The number of ether oxygens (including phenoxy) is 1. The van der Waals surface area contributed by atoms with Crippen LogP contribution in [0.2, 0.25) is 0 Å². The minimum Gasteiger partial charge on any atom is -0.492 e. The van der Waals surface area contributed by atoms with Crippen molar-refractivity contribution in [2.45, 2.75) is 43.5 Å². The van der Waals surface area contributed by atoms with E-state index in [0.717, 1.165) is 34.7 Å². The highest BCUT2D eigenvalue weighted by atomic mass is 35.5. The van der Waals surface area contributed by atoms with Crippen LogP contribution in [0.3, 0.4) is 0 Å². The van der Waals surface area contributed by atoms with Gasteiger partial charge in [-0.1, -0.05) is 37.1 Å². The first-order valence-corrected chi connectivity index (χ1v) is 14.4. The van der Waals surface area contributed by atoms with Crippen LogP contribution in [0.5, 0.6) is 5.75 Å². The maximum Gasteiger partial charge on any atom is 0.243 e. The number of amides is 1. The van der Waals surface area contributed by atoms with Crippen LogP contribution in [0.1, 0.15) is 37.0 Å². The monoisotopic (exact) mass is 577 g/mol. The maximum absolute atomic E-state index is 13.1. The zero-order chi connectivity index (χ0) is 26.8. The third kappa shape index (κ3) is 8.30. The van der Waals surface area contributed by atoms with Crippen molar-refractivity contribution in [3.05, 3.63) is 72.2 Å². The van der Waals surface area contributed by atoms with Crippen molar-refractivity contribution in [1.82, 2.24) is 14.7 Å². The molecule has 3 heterocycles. The first kappa shape index (κ1) is 30.6. The number of furan rings is 1. The second-order valence-electron chi connectivity index (χ2n) is 9.36. The van der Waals surface area contributed by atoms with E-state index in [1.807, 2.05) is 42.5 Å². The number of likely N-dealkylation sites (tertiary alicyclic amines) is 1. The van der Waals surface area contributed by atoms with Gasteiger partial charge < -0.3 is 9.15 Å². The average Bonchev–Trinajstić information content (AvgIpc) is 3.28. The molecule has 1 amide bonds. The second kappa shape index (κ2) is 15.0. The summed E-state index contributed by atoms with van der Waals surface area (Å²) in [5.41, 5.74) is 4.35. The van der Waals surface area contributed by atoms with Crippen LogP contribution in [0.15, 0.2) is 70.2 Å². The van der Waals surface area contributed by atoms with E-state index in [9.17, 15) is 8.42 Å². The minimum absolute atomic E-state index is 0. The van der Waals surface area contributed by atoms with Crippen molar-refractivity contribution < 1.29 is 27.6 Å². The van der Waals surface area contributed by atoms with Gasteiger partial charge in [-0.2, -0.15) is 4.31 Å². The molecule has 39 heavy (non-hydrogen) atoms. The van der Waals surface area contributed by atoms with Crippen molar-refractivity contribution in [2.24, 2.45) is 0 Å². The summed E-state index contributed by atoms with van der Waals surface area (Å²) in [4.78, 5) is 11.6. The third-order valence-electron chi connectivity index (χ3n) is 6.90. The molecule has 9 nitrogen and oxygen atoms in total. The lowest BCUT2D eigenvalue weighted by atomic mass is 10.1. The van der Waals surface area contributed by atoms with Gasteiger partial charge in [0.05, 0.1) is 17.7 Å². The number of hydroxylamine groups is 1. The van der Waals surface area contributed by atoms with E-state index in [1.165, 1.54) is 48.6 Å². The lowest BCUT2D eigenvalue weighted by Crippen LogP contribution is -2.35. The van der Waals surface area contributed by atoms with Crippen molar-refractivity contribution >= 4 is 28.8 Å². The summed E-state index contributed by atoms with van der Waals surface area (Å²) in [6.07, 6.45) is 7.75. The number of nitrogens with zero attached hydrogens (tertiary/aromatic N) is 2. The lowest BCUT2D eigenvalue weighted by Gasteiger charge is -2.25. The molecule has 2 aromatic carbocycles. The van der Waals surface area contributed by atoms with Gasteiger partial charge in [0.1, 0.15) is 18.1 Å². The zero-order valence-electron chi connectivity index (χ0n) is 21.8. The molecule has 0 unspecified atom stereocenters. The molecule has 11 heteroatoms. The Morgan fingerprint density at radius 1 is 0.923 bits per heavy atom. The number of benzene rings is 2. The first-order valence-electron chi connectivity index (χ1n) is 13.0. The molecule has 0 bridgehead atoms. The molecule has 3 aromatic rings. The molecular formula is C28H36ClN3O6S. The Balaban J connectivity index is 0.000000788. The number of hydrogen-bond donors (Lipinski definition) is 2. The van der Waals surface area contributed by atoms with Gasteiger partial charge in [-0.15, -0.1) is 12.4 Å². The van der Waals surface area contributed by atoms with E-state index in [0.29, 0.717) is 24.5 Å². The molecule has 1 aromatic heterocycles. The van der Waals surface area contributed by atoms with Crippen LogP contribution < -0.4 is 10.2 Å². The normalized spacial score (nSPS) is 16.0. The molecular weight excluding hydrogens is 542 g/mol. The SMILES string of the molecule is Cl.O=CNO.O=S(=O)(c1ccc(-c2ccc(OCCN3CCCCCC3)cc2)cc1)N1CCc2ccoc2C1. The summed E-state index contributed by atoms with van der Waals surface area (Å²) in [5, 5.41) is 7.26. The fraction of sp³-hybridized carbons (Fsp3) is 0.393. The van der Waals surface area contributed by atoms with Crippen molar-refractivity contribution in [3.63, 3.8) is 0 Å². The van der Waals surface area contributed by atoms with Crippen LogP contribution in [0.25, 0.3) is 11.1 Å². The molecule has 2 N–H and O–H groups in total. The predicted molar refractivity (Wildman–Crippen MR) is 151 cm³/mol. The minimum atomic E-state index is -3.56. The molecule has 0 aliphatic carbocycles. The van der Waals surface area contributed by atoms with E-state index in [-0.39, 0.29) is 25.4 Å². The van der Waals surface area contributed by atoms with Crippen molar-refractivity contribution in [1.29, 1.82) is 0 Å². The quantitative estimate of drug-likeness (QED) is 0.230. The Bertz CT molecular complexity index is 1260. The Morgan fingerprint density at radius 2 is 1.54 bits per heavy atom. The molecule has 1 fully saturated rings. The highest BCUT2D eigenvalue weighted by molar-refractivity contribution is 7.89. The first-order chi connectivity index (χ1) is 18.5. The van der Waals surface area contributed by atoms with Gasteiger partial charge in [-0.25, -0.2) is 13.9 Å². The molecule has 2 aliphatic heterocycles. The standard InChI is InChI=1S/C27H32N2O4S.CH3NO2.ClH/c30-34(31,29-17-13-24-14-19-33-27(24)21-29)26-11-7-23(8-12-26)22-5-9-25(10-6-22)32-20-18-28-15-3-1-2-4-16-28;3-1-2-4;/h5-12,14,19H,1-4,13,15-18,20-21H2;1,4H,(H,2,3);1H. The molecule has 5 rings (SSSR count). The van der Waals surface area contributed by atoms with Crippen LogP contribution in [-0.4, -0.2) is 62.0 Å². The van der Waals surface area contributed by atoms with Crippen molar-refractivity contribution in [2.75, 3.05) is 32.8 Å². The molecule has 1 saturated heterocycles. The molecule has 0 spiro atoms. The molecule has 212 valence electrons. The number of nitrogens with one attached hydrogen (secondary N) is 1. The van der Waals surface area contributed by atoms with Crippen LogP contribution in [-0.2, 0) is 27.8 Å².